The predicted molar refractivity (Wildman–Crippen MR) is 105 cm³/mol. The standard InChI is InChI=1S/C21H24N2O5/c1-14-8-7-9-15(2)20(14)22-18(24)12-23(3)19(25)13-28-21(26)16-10-5-6-11-17(16)27-4/h5-11H,12-13H2,1-4H3,(H,22,24). The molecule has 2 amide bonds. The maximum absolute atomic E-state index is 12.2. The second kappa shape index (κ2) is 9.55. The van der Waals surface area contributed by atoms with Crippen LogP contribution in [0, 0.1) is 13.8 Å². The van der Waals surface area contributed by atoms with Gasteiger partial charge < -0.3 is 19.7 Å². The Morgan fingerprint density at radius 2 is 1.64 bits per heavy atom. The number of esters is 1. The van der Waals surface area contributed by atoms with Crippen molar-refractivity contribution in [1.29, 1.82) is 0 Å². The zero-order chi connectivity index (χ0) is 20.7. The molecule has 0 unspecified atom stereocenters. The highest BCUT2D eigenvalue weighted by Gasteiger charge is 2.18. The molecule has 0 aliphatic carbocycles. The van der Waals surface area contributed by atoms with Crippen molar-refractivity contribution in [2.45, 2.75) is 13.8 Å². The van der Waals surface area contributed by atoms with E-state index in [1.54, 1.807) is 24.3 Å². The minimum absolute atomic E-state index is 0.154. The fourth-order valence-corrected chi connectivity index (χ4v) is 2.62. The van der Waals surface area contributed by atoms with Crippen LogP contribution in [0.3, 0.4) is 0 Å². The summed E-state index contributed by atoms with van der Waals surface area (Å²) in [5.41, 5.74) is 2.84. The van der Waals surface area contributed by atoms with Crippen LogP contribution < -0.4 is 10.1 Å². The fourth-order valence-electron chi connectivity index (χ4n) is 2.62. The Labute approximate surface area is 164 Å². The van der Waals surface area contributed by atoms with Crippen LogP contribution in [0.1, 0.15) is 21.5 Å². The monoisotopic (exact) mass is 384 g/mol. The Morgan fingerprint density at radius 1 is 1.00 bits per heavy atom. The maximum Gasteiger partial charge on any atom is 0.342 e. The molecule has 0 heterocycles. The van der Waals surface area contributed by atoms with Gasteiger partial charge in [-0.1, -0.05) is 30.3 Å². The molecule has 0 radical (unpaired) electrons. The molecule has 2 rings (SSSR count). The number of hydrogen-bond donors (Lipinski definition) is 1. The Bertz CT molecular complexity index is 859. The van der Waals surface area contributed by atoms with Crippen molar-refractivity contribution in [1.82, 2.24) is 4.90 Å². The van der Waals surface area contributed by atoms with E-state index < -0.39 is 18.5 Å². The minimum atomic E-state index is -0.667. The first kappa shape index (κ1) is 21.0. The van der Waals surface area contributed by atoms with Gasteiger partial charge in [0.1, 0.15) is 11.3 Å². The summed E-state index contributed by atoms with van der Waals surface area (Å²) in [6.45, 7) is 3.17. The molecule has 2 aromatic rings. The lowest BCUT2D eigenvalue weighted by Crippen LogP contribution is -2.37. The Balaban J connectivity index is 1.88. The van der Waals surface area contributed by atoms with Gasteiger partial charge in [-0.2, -0.15) is 0 Å². The molecule has 0 aliphatic heterocycles. The molecule has 0 spiro atoms. The Kier molecular flexibility index (Phi) is 7.14. The van der Waals surface area contributed by atoms with E-state index in [1.807, 2.05) is 32.0 Å². The van der Waals surface area contributed by atoms with Crippen molar-refractivity contribution in [2.24, 2.45) is 0 Å². The van der Waals surface area contributed by atoms with E-state index in [4.69, 9.17) is 9.47 Å². The van der Waals surface area contributed by atoms with E-state index in [1.165, 1.54) is 19.1 Å². The first-order valence-corrected chi connectivity index (χ1v) is 8.73. The number of rotatable bonds is 7. The van der Waals surface area contributed by atoms with E-state index in [0.29, 0.717) is 5.75 Å². The molecule has 0 aliphatic rings. The van der Waals surface area contributed by atoms with Crippen molar-refractivity contribution >= 4 is 23.5 Å². The van der Waals surface area contributed by atoms with E-state index in [-0.39, 0.29) is 18.0 Å². The summed E-state index contributed by atoms with van der Waals surface area (Å²) in [5.74, 6) is -1.12. The molecule has 7 nitrogen and oxygen atoms in total. The molecule has 0 atom stereocenters. The summed E-state index contributed by atoms with van der Waals surface area (Å²) in [4.78, 5) is 37.8. The number of nitrogens with zero attached hydrogens (tertiary/aromatic N) is 1. The van der Waals surface area contributed by atoms with Gasteiger partial charge in [-0.25, -0.2) is 4.79 Å². The third-order valence-electron chi connectivity index (χ3n) is 4.21. The molecule has 0 fully saturated rings. The molecule has 0 bridgehead atoms. The molecule has 28 heavy (non-hydrogen) atoms. The highest BCUT2D eigenvalue weighted by atomic mass is 16.5. The number of benzene rings is 2. The van der Waals surface area contributed by atoms with Crippen LogP contribution in [0.4, 0.5) is 5.69 Å². The second-order valence-electron chi connectivity index (χ2n) is 6.34. The van der Waals surface area contributed by atoms with Crippen LogP contribution in [0.2, 0.25) is 0 Å². The third-order valence-corrected chi connectivity index (χ3v) is 4.21. The van der Waals surface area contributed by atoms with Gasteiger partial charge in [0, 0.05) is 12.7 Å². The Hall–Kier alpha value is -3.35. The number of anilines is 1. The number of hydrogen-bond acceptors (Lipinski definition) is 5. The van der Waals surface area contributed by atoms with Crippen LogP contribution in [-0.4, -0.2) is 50.0 Å². The summed E-state index contributed by atoms with van der Waals surface area (Å²) in [6.07, 6.45) is 0. The van der Waals surface area contributed by atoms with Gasteiger partial charge in [0.2, 0.25) is 5.91 Å². The van der Waals surface area contributed by atoms with Gasteiger partial charge in [-0.3, -0.25) is 9.59 Å². The minimum Gasteiger partial charge on any atom is -0.496 e. The summed E-state index contributed by atoms with van der Waals surface area (Å²) >= 11 is 0. The van der Waals surface area contributed by atoms with Gasteiger partial charge in [0.05, 0.1) is 13.7 Å². The average Bonchev–Trinajstić information content (AvgIpc) is 2.68. The molecule has 2 aromatic carbocycles. The Morgan fingerprint density at radius 3 is 2.29 bits per heavy atom. The van der Waals surface area contributed by atoms with Crippen molar-refractivity contribution in [2.75, 3.05) is 32.6 Å². The quantitative estimate of drug-likeness (QED) is 0.742. The zero-order valence-corrected chi connectivity index (χ0v) is 16.4. The molecule has 0 saturated carbocycles. The number of carbonyl (C=O) groups excluding carboxylic acids is 3. The zero-order valence-electron chi connectivity index (χ0n) is 16.4. The molecular formula is C21H24N2O5. The van der Waals surface area contributed by atoms with Gasteiger partial charge in [0.15, 0.2) is 6.61 Å². The van der Waals surface area contributed by atoms with Crippen LogP contribution >= 0.6 is 0 Å². The number of para-hydroxylation sites is 2. The van der Waals surface area contributed by atoms with Crippen molar-refractivity contribution in [3.63, 3.8) is 0 Å². The molecule has 7 heteroatoms. The van der Waals surface area contributed by atoms with Crippen LogP contribution in [0.15, 0.2) is 42.5 Å². The van der Waals surface area contributed by atoms with E-state index >= 15 is 0 Å². The summed E-state index contributed by atoms with van der Waals surface area (Å²) in [6, 6.07) is 12.3. The SMILES string of the molecule is COc1ccccc1C(=O)OCC(=O)N(C)CC(=O)Nc1c(C)cccc1C. The lowest BCUT2D eigenvalue weighted by molar-refractivity contribution is -0.136. The third kappa shape index (κ3) is 5.33. The largest absolute Gasteiger partial charge is 0.496 e. The van der Waals surface area contributed by atoms with Crippen molar-refractivity contribution in [3.8, 4) is 5.75 Å². The van der Waals surface area contributed by atoms with Gasteiger partial charge in [-0.15, -0.1) is 0 Å². The smallest absolute Gasteiger partial charge is 0.342 e. The number of likely N-dealkylation sites (N-methyl/N-ethyl adjacent to an activating group) is 1. The van der Waals surface area contributed by atoms with Crippen LogP contribution in [0.5, 0.6) is 5.75 Å². The van der Waals surface area contributed by atoms with E-state index in [0.717, 1.165) is 16.8 Å². The highest BCUT2D eigenvalue weighted by molar-refractivity contribution is 5.97. The number of methoxy groups -OCH3 is 1. The molecular weight excluding hydrogens is 360 g/mol. The summed E-state index contributed by atoms with van der Waals surface area (Å²) < 4.78 is 10.1. The van der Waals surface area contributed by atoms with Crippen LogP contribution in [-0.2, 0) is 14.3 Å². The van der Waals surface area contributed by atoms with Crippen molar-refractivity contribution in [3.05, 3.63) is 59.2 Å². The fraction of sp³-hybridized carbons (Fsp3) is 0.286. The number of ether oxygens (including phenoxy) is 2. The maximum atomic E-state index is 12.2. The molecule has 0 saturated heterocycles. The number of carbonyl (C=O) groups is 3. The van der Waals surface area contributed by atoms with Crippen LogP contribution in [0.25, 0.3) is 0 Å². The average molecular weight is 384 g/mol. The summed E-state index contributed by atoms with van der Waals surface area (Å²) in [7, 11) is 2.92. The first-order chi connectivity index (χ1) is 13.3. The number of aryl methyl sites for hydroxylation is 2. The second-order valence-corrected chi connectivity index (χ2v) is 6.34. The summed E-state index contributed by atoms with van der Waals surface area (Å²) in [5, 5.41) is 2.81. The first-order valence-electron chi connectivity index (χ1n) is 8.73. The number of nitrogens with one attached hydrogen (secondary N) is 1. The van der Waals surface area contributed by atoms with E-state index in [9.17, 15) is 14.4 Å². The van der Waals surface area contributed by atoms with Gasteiger partial charge >= 0.3 is 5.97 Å². The lowest BCUT2D eigenvalue weighted by atomic mass is 10.1. The molecule has 0 aromatic heterocycles. The predicted octanol–water partition coefficient (Wildman–Crippen LogP) is 2.57. The van der Waals surface area contributed by atoms with Crippen molar-refractivity contribution < 1.29 is 23.9 Å². The normalized spacial score (nSPS) is 10.1. The highest BCUT2D eigenvalue weighted by Crippen LogP contribution is 2.19. The lowest BCUT2D eigenvalue weighted by Gasteiger charge is -2.18. The number of amides is 2. The molecule has 1 N–H and O–H groups in total. The van der Waals surface area contributed by atoms with Gasteiger partial charge in [0.25, 0.3) is 5.91 Å². The van der Waals surface area contributed by atoms with Gasteiger partial charge in [-0.05, 0) is 37.1 Å². The topological polar surface area (TPSA) is 84.9 Å². The molecule has 148 valence electrons. The van der Waals surface area contributed by atoms with E-state index in [2.05, 4.69) is 5.32 Å².